The summed E-state index contributed by atoms with van der Waals surface area (Å²) in [6, 6.07) is 0.351. The Labute approximate surface area is 99.6 Å². The van der Waals surface area contributed by atoms with Crippen molar-refractivity contribution in [2.45, 2.75) is 66.0 Å². The molecule has 0 saturated carbocycles. The van der Waals surface area contributed by atoms with Gasteiger partial charge >= 0.3 is 0 Å². The molecule has 1 aliphatic heterocycles. The van der Waals surface area contributed by atoms with Crippen LogP contribution in [0.15, 0.2) is 0 Å². The molecular weight excluding hydrogens is 200 g/mol. The van der Waals surface area contributed by atoms with Crippen molar-refractivity contribution in [3.63, 3.8) is 0 Å². The van der Waals surface area contributed by atoms with Gasteiger partial charge in [-0.1, -0.05) is 40.5 Å². The van der Waals surface area contributed by atoms with Crippen molar-refractivity contribution in [3.05, 3.63) is 0 Å². The number of hydrogen-bond acceptors (Lipinski definition) is 2. The standard InChI is InChI=1S/C13H26N2O/c1-6-7-8-11-12(16)15(9-14-11)10(2)13(3,4)5/h10-11,14H,6-9H2,1-5H3. The highest BCUT2D eigenvalue weighted by Crippen LogP contribution is 2.26. The fourth-order valence-electron chi connectivity index (χ4n) is 2.00. The highest BCUT2D eigenvalue weighted by molar-refractivity contribution is 5.84. The second-order valence-corrected chi connectivity index (χ2v) is 5.91. The molecule has 1 amide bonds. The summed E-state index contributed by atoms with van der Waals surface area (Å²) in [4.78, 5) is 14.1. The minimum absolute atomic E-state index is 0.0600. The second kappa shape index (κ2) is 5.17. The molecule has 16 heavy (non-hydrogen) atoms. The van der Waals surface area contributed by atoms with Crippen LogP contribution in [0.4, 0.5) is 0 Å². The predicted molar refractivity (Wildman–Crippen MR) is 67.1 cm³/mol. The lowest BCUT2D eigenvalue weighted by atomic mass is 9.87. The maximum absolute atomic E-state index is 12.2. The third-order valence-corrected chi connectivity index (χ3v) is 3.66. The van der Waals surface area contributed by atoms with Gasteiger partial charge in [0.25, 0.3) is 0 Å². The van der Waals surface area contributed by atoms with Gasteiger partial charge in [-0.15, -0.1) is 0 Å². The van der Waals surface area contributed by atoms with E-state index in [0.717, 1.165) is 19.3 Å². The average molecular weight is 226 g/mol. The Bertz CT molecular complexity index is 245. The van der Waals surface area contributed by atoms with Crippen molar-refractivity contribution < 1.29 is 4.79 Å². The Hall–Kier alpha value is -0.570. The Morgan fingerprint density at radius 2 is 2.12 bits per heavy atom. The molecule has 1 N–H and O–H groups in total. The minimum atomic E-state index is 0.0600. The van der Waals surface area contributed by atoms with Gasteiger partial charge in [0.1, 0.15) is 0 Å². The molecule has 2 unspecified atom stereocenters. The lowest BCUT2D eigenvalue weighted by molar-refractivity contribution is -0.132. The topological polar surface area (TPSA) is 32.3 Å². The van der Waals surface area contributed by atoms with Gasteiger partial charge in [0.15, 0.2) is 0 Å². The van der Waals surface area contributed by atoms with E-state index in [2.05, 4.69) is 39.9 Å². The monoisotopic (exact) mass is 226 g/mol. The normalized spacial score (nSPS) is 23.9. The molecule has 1 heterocycles. The van der Waals surface area contributed by atoms with Crippen molar-refractivity contribution in [2.75, 3.05) is 6.67 Å². The van der Waals surface area contributed by atoms with Crippen LogP contribution in [0.2, 0.25) is 0 Å². The maximum Gasteiger partial charge on any atom is 0.241 e. The van der Waals surface area contributed by atoms with Crippen molar-refractivity contribution in [1.82, 2.24) is 10.2 Å². The fourth-order valence-corrected chi connectivity index (χ4v) is 2.00. The quantitative estimate of drug-likeness (QED) is 0.798. The molecule has 0 bridgehead atoms. The third kappa shape index (κ3) is 2.97. The van der Waals surface area contributed by atoms with Gasteiger partial charge in [0.05, 0.1) is 12.7 Å². The molecule has 0 spiro atoms. The van der Waals surface area contributed by atoms with Gasteiger partial charge in [-0.05, 0) is 18.8 Å². The largest absolute Gasteiger partial charge is 0.325 e. The molecule has 94 valence electrons. The number of carbonyl (C=O) groups excluding carboxylic acids is 1. The van der Waals surface area contributed by atoms with E-state index < -0.39 is 0 Å². The van der Waals surface area contributed by atoms with Crippen molar-refractivity contribution in [2.24, 2.45) is 5.41 Å². The van der Waals surface area contributed by atoms with E-state index in [0.29, 0.717) is 12.7 Å². The summed E-state index contributed by atoms with van der Waals surface area (Å²) in [7, 11) is 0. The van der Waals surface area contributed by atoms with Crippen LogP contribution < -0.4 is 5.32 Å². The van der Waals surface area contributed by atoms with Crippen LogP contribution in [0.1, 0.15) is 53.9 Å². The number of nitrogens with zero attached hydrogens (tertiary/aromatic N) is 1. The Morgan fingerprint density at radius 1 is 1.50 bits per heavy atom. The molecular formula is C13H26N2O. The zero-order valence-electron chi connectivity index (χ0n) is 11.3. The molecule has 3 nitrogen and oxygen atoms in total. The van der Waals surface area contributed by atoms with Crippen molar-refractivity contribution in [3.8, 4) is 0 Å². The van der Waals surface area contributed by atoms with Crippen LogP contribution in [-0.4, -0.2) is 29.6 Å². The molecule has 0 aliphatic carbocycles. The molecule has 1 fully saturated rings. The van der Waals surface area contributed by atoms with E-state index in [1.165, 1.54) is 0 Å². The number of carbonyl (C=O) groups is 1. The van der Waals surface area contributed by atoms with E-state index in [1.54, 1.807) is 0 Å². The summed E-state index contributed by atoms with van der Waals surface area (Å²) in [5, 5.41) is 3.32. The Morgan fingerprint density at radius 3 is 2.62 bits per heavy atom. The highest BCUT2D eigenvalue weighted by Gasteiger charge is 2.37. The van der Waals surface area contributed by atoms with Crippen LogP contribution >= 0.6 is 0 Å². The zero-order valence-corrected chi connectivity index (χ0v) is 11.3. The molecule has 0 radical (unpaired) electrons. The first-order chi connectivity index (χ1) is 7.38. The number of rotatable bonds is 4. The molecule has 1 aliphatic rings. The first-order valence-corrected chi connectivity index (χ1v) is 6.41. The van der Waals surface area contributed by atoms with E-state index in [9.17, 15) is 4.79 Å². The van der Waals surface area contributed by atoms with E-state index in [4.69, 9.17) is 0 Å². The smallest absolute Gasteiger partial charge is 0.241 e. The maximum atomic E-state index is 12.2. The first kappa shape index (κ1) is 13.5. The molecule has 3 heteroatoms. The molecule has 0 aromatic rings. The van der Waals surface area contributed by atoms with Gasteiger partial charge < -0.3 is 4.90 Å². The summed E-state index contributed by atoms with van der Waals surface area (Å²) in [5.74, 6) is 0.288. The second-order valence-electron chi connectivity index (χ2n) is 5.91. The summed E-state index contributed by atoms with van der Waals surface area (Å²) in [6.07, 6.45) is 3.25. The van der Waals surface area contributed by atoms with Gasteiger partial charge in [-0.2, -0.15) is 0 Å². The Kier molecular flexibility index (Phi) is 4.36. The van der Waals surface area contributed by atoms with Gasteiger partial charge in [-0.25, -0.2) is 0 Å². The lowest BCUT2D eigenvalue weighted by Crippen LogP contribution is -2.44. The zero-order chi connectivity index (χ0) is 12.3. The number of unbranched alkanes of at least 4 members (excludes halogenated alkanes) is 1. The summed E-state index contributed by atoms with van der Waals surface area (Å²) >= 11 is 0. The number of nitrogens with one attached hydrogen (secondary N) is 1. The SMILES string of the molecule is CCCCC1NCN(C(C)C(C)(C)C)C1=O. The van der Waals surface area contributed by atoms with Gasteiger partial charge in [0, 0.05) is 6.04 Å². The summed E-state index contributed by atoms with van der Waals surface area (Å²) in [6.45, 7) is 11.6. The highest BCUT2D eigenvalue weighted by atomic mass is 16.2. The van der Waals surface area contributed by atoms with Gasteiger partial charge in [0.2, 0.25) is 5.91 Å². The lowest BCUT2D eigenvalue weighted by Gasteiger charge is -2.34. The average Bonchev–Trinajstić information content (AvgIpc) is 2.54. The fraction of sp³-hybridized carbons (Fsp3) is 0.923. The van der Waals surface area contributed by atoms with E-state index in [1.807, 2.05) is 4.90 Å². The van der Waals surface area contributed by atoms with Crippen LogP contribution in [0.25, 0.3) is 0 Å². The first-order valence-electron chi connectivity index (χ1n) is 6.41. The Balaban J connectivity index is 2.57. The van der Waals surface area contributed by atoms with Crippen molar-refractivity contribution in [1.29, 1.82) is 0 Å². The molecule has 1 rings (SSSR count). The third-order valence-electron chi connectivity index (χ3n) is 3.66. The molecule has 0 aromatic carbocycles. The molecule has 2 atom stereocenters. The van der Waals surface area contributed by atoms with Crippen LogP contribution in [-0.2, 0) is 4.79 Å². The van der Waals surface area contributed by atoms with Crippen LogP contribution in [0.3, 0.4) is 0 Å². The van der Waals surface area contributed by atoms with Gasteiger partial charge in [-0.3, -0.25) is 10.1 Å². The minimum Gasteiger partial charge on any atom is -0.325 e. The van der Waals surface area contributed by atoms with E-state index in [-0.39, 0.29) is 17.4 Å². The van der Waals surface area contributed by atoms with Crippen LogP contribution in [0.5, 0.6) is 0 Å². The number of hydrogen-bond donors (Lipinski definition) is 1. The van der Waals surface area contributed by atoms with Crippen LogP contribution in [0, 0.1) is 5.41 Å². The van der Waals surface area contributed by atoms with E-state index >= 15 is 0 Å². The number of amides is 1. The molecule has 1 saturated heterocycles. The summed E-state index contributed by atoms with van der Waals surface area (Å²) < 4.78 is 0. The van der Waals surface area contributed by atoms with Crippen molar-refractivity contribution >= 4 is 5.91 Å². The summed E-state index contributed by atoms with van der Waals surface area (Å²) in [5.41, 5.74) is 0.150. The predicted octanol–water partition coefficient (Wildman–Crippen LogP) is 2.37. The molecule has 0 aromatic heterocycles.